The highest BCUT2D eigenvalue weighted by molar-refractivity contribution is 9.10. The number of nitrogens with one attached hydrogen (secondary N) is 6. The third-order valence-electron chi connectivity index (χ3n) is 11.2. The SMILES string of the molecule is CCN(CCNC(=O)Nc1cc(Cl)ccc1Cl)c1cccc(C)c1.Cc1cccc(NCCNC(=O)Nc2ccccc2Br)c1.Cc1cccnc1C1(F)CCN(C(=O)Nc2ccc(C(F)(F)F)cc2)CC1. The molecule has 1 saturated heterocycles. The fraction of sp³-hybridized carbons (Fsp3) is 0.283. The Bertz CT molecular complexity index is 2730. The first-order valence-corrected chi connectivity index (χ1v) is 24.6. The van der Waals surface area contributed by atoms with Crippen molar-refractivity contribution in [3.8, 4) is 0 Å². The highest BCUT2D eigenvalue weighted by atomic mass is 79.9. The van der Waals surface area contributed by atoms with Crippen LogP contribution in [0.2, 0.25) is 10.0 Å². The number of anilines is 5. The summed E-state index contributed by atoms with van der Waals surface area (Å²) in [7, 11) is 0. The first kappa shape index (κ1) is 56.4. The van der Waals surface area contributed by atoms with Crippen LogP contribution >= 0.6 is 39.1 Å². The number of nitrogens with zero attached hydrogens (tertiary/aromatic N) is 3. The van der Waals surface area contributed by atoms with Gasteiger partial charge in [-0.2, -0.15) is 13.2 Å². The van der Waals surface area contributed by atoms with Crippen LogP contribution < -0.4 is 36.8 Å². The van der Waals surface area contributed by atoms with Gasteiger partial charge in [-0.25, -0.2) is 18.8 Å². The Hall–Kier alpha value is -6.56. The molecular formula is C53H58BrCl2F4N9O3. The summed E-state index contributed by atoms with van der Waals surface area (Å²) in [6.07, 6.45) is -2.65. The highest BCUT2D eigenvalue weighted by Crippen LogP contribution is 2.38. The molecule has 382 valence electrons. The average Bonchev–Trinajstić information content (AvgIpc) is 3.34. The molecule has 6 N–H and O–H groups in total. The second-order valence-electron chi connectivity index (χ2n) is 16.7. The molecule has 0 atom stereocenters. The average molecular weight is 1100 g/mol. The monoisotopic (exact) mass is 1090 g/mol. The zero-order valence-corrected chi connectivity index (χ0v) is 43.4. The summed E-state index contributed by atoms with van der Waals surface area (Å²) in [5, 5.41) is 17.9. The molecule has 5 aromatic carbocycles. The Kier molecular flexibility index (Phi) is 21.4. The molecule has 12 nitrogen and oxygen atoms in total. The van der Waals surface area contributed by atoms with Crippen molar-refractivity contribution in [2.75, 3.05) is 72.0 Å². The van der Waals surface area contributed by atoms with E-state index in [1.165, 1.54) is 28.2 Å². The van der Waals surface area contributed by atoms with Crippen LogP contribution in [-0.4, -0.2) is 73.8 Å². The van der Waals surface area contributed by atoms with Crippen molar-refractivity contribution in [2.24, 2.45) is 0 Å². The largest absolute Gasteiger partial charge is 0.416 e. The van der Waals surface area contributed by atoms with E-state index in [1.807, 2.05) is 42.5 Å². The maximum Gasteiger partial charge on any atom is 0.416 e. The Balaban J connectivity index is 0.000000202. The van der Waals surface area contributed by atoms with Crippen molar-refractivity contribution < 1.29 is 31.9 Å². The summed E-state index contributed by atoms with van der Waals surface area (Å²) in [5.74, 6) is 0. The van der Waals surface area contributed by atoms with Crippen LogP contribution in [0, 0.1) is 20.8 Å². The topological polar surface area (TPSA) is 143 Å². The summed E-state index contributed by atoms with van der Waals surface area (Å²) < 4.78 is 53.9. The second-order valence-corrected chi connectivity index (χ2v) is 18.4. The summed E-state index contributed by atoms with van der Waals surface area (Å²) in [4.78, 5) is 43.9. The van der Waals surface area contributed by atoms with E-state index in [1.54, 1.807) is 43.5 Å². The molecule has 0 radical (unpaired) electrons. The van der Waals surface area contributed by atoms with Gasteiger partial charge in [0.25, 0.3) is 0 Å². The number of halogens is 7. The fourth-order valence-corrected chi connectivity index (χ4v) is 8.15. The van der Waals surface area contributed by atoms with Gasteiger partial charge in [-0.05, 0) is 145 Å². The zero-order valence-electron chi connectivity index (χ0n) is 40.3. The normalized spacial score (nSPS) is 12.7. The molecule has 6 aromatic rings. The highest BCUT2D eigenvalue weighted by Gasteiger charge is 2.40. The number of carbonyl (C=O) groups excluding carboxylic acids is 3. The van der Waals surface area contributed by atoms with Gasteiger partial charge in [-0.1, -0.05) is 65.7 Å². The number of aryl methyl sites for hydroxylation is 3. The molecule has 0 saturated carbocycles. The van der Waals surface area contributed by atoms with Gasteiger partial charge in [0.1, 0.15) is 0 Å². The first-order chi connectivity index (χ1) is 34.3. The maximum atomic E-state index is 15.3. The summed E-state index contributed by atoms with van der Waals surface area (Å²) in [6.45, 7) is 11.7. The van der Waals surface area contributed by atoms with Gasteiger partial charge in [0, 0.05) is 91.4 Å². The van der Waals surface area contributed by atoms with Crippen LogP contribution in [0.1, 0.15) is 47.7 Å². The van der Waals surface area contributed by atoms with Crippen molar-refractivity contribution in [2.45, 2.75) is 52.4 Å². The number of para-hydroxylation sites is 1. The van der Waals surface area contributed by atoms with Gasteiger partial charge in [-0.15, -0.1) is 0 Å². The Morgan fingerprint density at radius 1 is 0.722 bits per heavy atom. The van der Waals surface area contributed by atoms with Crippen LogP contribution in [0.5, 0.6) is 0 Å². The van der Waals surface area contributed by atoms with E-state index in [4.69, 9.17) is 23.2 Å². The lowest BCUT2D eigenvalue weighted by Gasteiger charge is -2.36. The van der Waals surface area contributed by atoms with Crippen LogP contribution in [0.15, 0.2) is 138 Å². The molecule has 2 heterocycles. The third kappa shape index (κ3) is 17.9. The molecule has 1 aliphatic heterocycles. The standard InChI is InChI=1S/C19H19F4N3O.C18H21Cl2N3O.C16H18BrN3O/c1-13-3-2-10-24-16(13)18(20)8-11-26(12-9-18)17(27)25-15-6-4-14(5-7-15)19(21,22)23;1-3-23(15-6-4-5-13(2)11-15)10-9-21-18(24)22-17-12-14(19)7-8-16(17)20;1-12-5-4-6-13(11-12)18-9-10-19-16(21)20-15-8-3-2-7-14(15)17/h2-7,10H,8-9,11-12H2,1H3,(H,25,27);4-8,11-12H,3,9-10H2,1-2H3,(H2,21,22,24);2-8,11,18H,9-10H2,1H3,(H2,19,20,21). The number of alkyl halides is 4. The molecular weight excluding hydrogens is 1040 g/mol. The van der Waals surface area contributed by atoms with Crippen molar-refractivity contribution in [3.63, 3.8) is 0 Å². The van der Waals surface area contributed by atoms with Crippen LogP contribution in [0.3, 0.4) is 0 Å². The van der Waals surface area contributed by atoms with E-state index >= 15 is 4.39 Å². The van der Waals surface area contributed by atoms with Gasteiger partial charge in [0.05, 0.1) is 27.7 Å². The van der Waals surface area contributed by atoms with Crippen molar-refractivity contribution in [1.29, 1.82) is 0 Å². The molecule has 0 bridgehead atoms. The van der Waals surface area contributed by atoms with E-state index in [0.717, 1.165) is 52.3 Å². The van der Waals surface area contributed by atoms with E-state index < -0.39 is 23.4 Å². The van der Waals surface area contributed by atoms with Crippen LogP contribution in [0.4, 0.5) is 60.4 Å². The lowest BCUT2D eigenvalue weighted by molar-refractivity contribution is -0.137. The Morgan fingerprint density at radius 2 is 1.38 bits per heavy atom. The number of rotatable bonds is 13. The van der Waals surface area contributed by atoms with E-state index in [2.05, 4.69) is 109 Å². The summed E-state index contributed by atoms with van der Waals surface area (Å²) >= 11 is 15.3. The van der Waals surface area contributed by atoms with Gasteiger partial charge in [0.2, 0.25) is 0 Å². The minimum absolute atomic E-state index is 0.116. The molecule has 1 fully saturated rings. The molecule has 0 unspecified atom stereocenters. The Labute approximate surface area is 436 Å². The Morgan fingerprint density at radius 3 is 2.01 bits per heavy atom. The van der Waals surface area contributed by atoms with Gasteiger partial charge in [-0.3, -0.25) is 4.98 Å². The van der Waals surface area contributed by atoms with Crippen molar-refractivity contribution >= 4 is 85.7 Å². The van der Waals surface area contributed by atoms with Gasteiger partial charge < -0.3 is 41.7 Å². The third-order valence-corrected chi connectivity index (χ3v) is 12.5. The lowest BCUT2D eigenvalue weighted by atomic mass is 9.87. The van der Waals surface area contributed by atoms with E-state index in [9.17, 15) is 27.6 Å². The molecule has 6 amide bonds. The number of benzene rings is 5. The number of hydrogen-bond donors (Lipinski definition) is 6. The lowest BCUT2D eigenvalue weighted by Crippen LogP contribution is -2.45. The number of likely N-dealkylation sites (N-methyl/N-ethyl adjacent to an activating group) is 1. The molecule has 0 aliphatic carbocycles. The van der Waals surface area contributed by atoms with E-state index in [0.29, 0.717) is 41.1 Å². The number of amides is 6. The molecule has 1 aromatic heterocycles. The van der Waals surface area contributed by atoms with Gasteiger partial charge >= 0.3 is 24.3 Å². The zero-order chi connectivity index (χ0) is 52.3. The number of likely N-dealkylation sites (tertiary alicyclic amines) is 1. The quantitative estimate of drug-likeness (QED) is 0.0502. The number of hydrogen-bond acceptors (Lipinski definition) is 6. The maximum absolute atomic E-state index is 15.3. The molecule has 1 aliphatic rings. The number of piperidine rings is 1. The van der Waals surface area contributed by atoms with Crippen LogP contribution in [0.25, 0.3) is 0 Å². The van der Waals surface area contributed by atoms with Crippen molar-refractivity contribution in [1.82, 2.24) is 20.5 Å². The minimum Gasteiger partial charge on any atom is -0.383 e. The smallest absolute Gasteiger partial charge is 0.383 e. The number of pyridine rings is 1. The van der Waals surface area contributed by atoms with Crippen LogP contribution in [-0.2, 0) is 11.8 Å². The number of carbonyl (C=O) groups is 3. The molecule has 7 rings (SSSR count). The number of aromatic nitrogens is 1. The first-order valence-electron chi connectivity index (χ1n) is 23.1. The predicted molar refractivity (Wildman–Crippen MR) is 286 cm³/mol. The van der Waals surface area contributed by atoms with Crippen molar-refractivity contribution in [3.05, 3.63) is 176 Å². The fourth-order valence-electron chi connectivity index (χ4n) is 7.43. The minimum atomic E-state index is -4.43. The molecule has 0 spiro atoms. The summed E-state index contributed by atoms with van der Waals surface area (Å²) in [5.41, 5.74) is 4.92. The summed E-state index contributed by atoms with van der Waals surface area (Å²) in [6, 6.07) is 35.6. The van der Waals surface area contributed by atoms with E-state index in [-0.39, 0.29) is 43.7 Å². The molecule has 72 heavy (non-hydrogen) atoms. The second kappa shape index (κ2) is 27.3. The molecule has 19 heteroatoms. The predicted octanol–water partition coefficient (Wildman–Crippen LogP) is 13.8. The number of urea groups is 3. The van der Waals surface area contributed by atoms with Gasteiger partial charge in [0.15, 0.2) is 5.67 Å².